The number of halogens is 1. The monoisotopic (exact) mass is 250 g/mol. The van der Waals surface area contributed by atoms with Gasteiger partial charge in [-0.3, -0.25) is 4.68 Å². The van der Waals surface area contributed by atoms with Crippen molar-refractivity contribution in [2.24, 2.45) is 7.05 Å². The summed E-state index contributed by atoms with van der Waals surface area (Å²) < 4.78 is 2.98. The van der Waals surface area contributed by atoms with Crippen LogP contribution < -0.4 is 0 Å². The SMILES string of the molecule is CC(C)c1cn(C)nc1I. The lowest BCUT2D eigenvalue weighted by Gasteiger charge is -1.98. The van der Waals surface area contributed by atoms with Gasteiger partial charge in [0.25, 0.3) is 0 Å². The average molecular weight is 250 g/mol. The van der Waals surface area contributed by atoms with E-state index in [4.69, 9.17) is 0 Å². The summed E-state index contributed by atoms with van der Waals surface area (Å²) in [6.07, 6.45) is 2.08. The predicted molar refractivity (Wildman–Crippen MR) is 50.0 cm³/mol. The Morgan fingerprint density at radius 2 is 2.20 bits per heavy atom. The van der Waals surface area contributed by atoms with E-state index in [1.807, 2.05) is 11.7 Å². The maximum absolute atomic E-state index is 4.24. The molecule has 0 aromatic carbocycles. The van der Waals surface area contributed by atoms with Crippen LogP contribution in [0, 0.1) is 3.70 Å². The van der Waals surface area contributed by atoms with Crippen LogP contribution in [0.1, 0.15) is 25.3 Å². The van der Waals surface area contributed by atoms with Crippen molar-refractivity contribution >= 4 is 22.6 Å². The van der Waals surface area contributed by atoms with Crippen molar-refractivity contribution in [3.63, 3.8) is 0 Å². The molecule has 1 aromatic heterocycles. The van der Waals surface area contributed by atoms with Gasteiger partial charge < -0.3 is 0 Å². The van der Waals surface area contributed by atoms with Gasteiger partial charge >= 0.3 is 0 Å². The molecule has 1 aromatic rings. The molecule has 3 heteroatoms. The first-order chi connectivity index (χ1) is 4.61. The number of hydrogen-bond donors (Lipinski definition) is 0. The van der Waals surface area contributed by atoms with Crippen LogP contribution in [0.2, 0.25) is 0 Å². The summed E-state index contributed by atoms with van der Waals surface area (Å²) in [5, 5.41) is 4.24. The summed E-state index contributed by atoms with van der Waals surface area (Å²) in [6, 6.07) is 0. The van der Waals surface area contributed by atoms with E-state index >= 15 is 0 Å². The van der Waals surface area contributed by atoms with Crippen LogP contribution in [0.15, 0.2) is 6.20 Å². The Balaban J connectivity index is 3.03. The van der Waals surface area contributed by atoms with E-state index in [0.717, 1.165) is 3.70 Å². The number of aromatic nitrogens is 2. The van der Waals surface area contributed by atoms with Crippen molar-refractivity contribution in [2.45, 2.75) is 19.8 Å². The first kappa shape index (κ1) is 8.04. The van der Waals surface area contributed by atoms with Gasteiger partial charge in [0.05, 0.1) is 0 Å². The lowest BCUT2D eigenvalue weighted by Crippen LogP contribution is -1.86. The van der Waals surface area contributed by atoms with Gasteiger partial charge in [-0.2, -0.15) is 5.10 Å². The molecule has 0 spiro atoms. The Morgan fingerprint density at radius 3 is 2.40 bits per heavy atom. The molecule has 1 rings (SSSR count). The van der Waals surface area contributed by atoms with Gasteiger partial charge in [0.1, 0.15) is 3.70 Å². The molecular weight excluding hydrogens is 239 g/mol. The van der Waals surface area contributed by atoms with Crippen LogP contribution in [0.25, 0.3) is 0 Å². The van der Waals surface area contributed by atoms with Crippen LogP contribution in [0.4, 0.5) is 0 Å². The van der Waals surface area contributed by atoms with E-state index in [0.29, 0.717) is 5.92 Å². The summed E-state index contributed by atoms with van der Waals surface area (Å²) >= 11 is 2.26. The zero-order valence-corrected chi connectivity index (χ0v) is 8.58. The largest absolute Gasteiger partial charge is 0.274 e. The zero-order valence-electron chi connectivity index (χ0n) is 6.43. The zero-order chi connectivity index (χ0) is 7.72. The van der Waals surface area contributed by atoms with Gasteiger partial charge in [-0.15, -0.1) is 0 Å². The molecule has 0 radical (unpaired) electrons. The topological polar surface area (TPSA) is 17.8 Å². The third-order valence-electron chi connectivity index (χ3n) is 1.43. The van der Waals surface area contributed by atoms with Crippen LogP contribution in [-0.4, -0.2) is 9.78 Å². The third-order valence-corrected chi connectivity index (χ3v) is 2.27. The second kappa shape index (κ2) is 2.90. The molecular formula is C7H11IN2. The highest BCUT2D eigenvalue weighted by molar-refractivity contribution is 14.1. The fraction of sp³-hybridized carbons (Fsp3) is 0.571. The molecule has 0 fully saturated rings. The number of rotatable bonds is 1. The molecule has 56 valence electrons. The normalized spacial score (nSPS) is 10.9. The van der Waals surface area contributed by atoms with Crippen LogP contribution >= 0.6 is 22.6 Å². The summed E-state index contributed by atoms with van der Waals surface area (Å²) in [7, 11) is 1.95. The van der Waals surface area contributed by atoms with E-state index in [1.165, 1.54) is 5.56 Å². The molecule has 0 aliphatic rings. The number of nitrogens with zero attached hydrogens (tertiary/aromatic N) is 2. The van der Waals surface area contributed by atoms with Crippen LogP contribution in [0.3, 0.4) is 0 Å². The van der Waals surface area contributed by atoms with E-state index in [9.17, 15) is 0 Å². The van der Waals surface area contributed by atoms with Gasteiger partial charge in [-0.1, -0.05) is 13.8 Å². The summed E-state index contributed by atoms with van der Waals surface area (Å²) in [5.41, 5.74) is 1.34. The van der Waals surface area contributed by atoms with Crippen molar-refractivity contribution in [1.29, 1.82) is 0 Å². The third kappa shape index (κ3) is 1.51. The van der Waals surface area contributed by atoms with E-state index in [1.54, 1.807) is 0 Å². The Kier molecular flexibility index (Phi) is 2.33. The van der Waals surface area contributed by atoms with Crippen molar-refractivity contribution in [1.82, 2.24) is 9.78 Å². The molecule has 0 aliphatic heterocycles. The standard InChI is InChI=1S/C7H11IN2/c1-5(2)6-4-10(3)9-7(6)8/h4-5H,1-3H3. The average Bonchev–Trinajstić information content (AvgIpc) is 2.10. The minimum atomic E-state index is 0.584. The predicted octanol–water partition coefficient (Wildman–Crippen LogP) is 2.15. The number of hydrogen-bond acceptors (Lipinski definition) is 1. The van der Waals surface area contributed by atoms with E-state index in [2.05, 4.69) is 47.7 Å². The molecule has 0 unspecified atom stereocenters. The summed E-state index contributed by atoms with van der Waals surface area (Å²) in [6.45, 7) is 4.36. The first-order valence-electron chi connectivity index (χ1n) is 3.30. The lowest BCUT2D eigenvalue weighted by molar-refractivity contribution is 0.758. The minimum absolute atomic E-state index is 0.584. The van der Waals surface area contributed by atoms with Crippen LogP contribution in [-0.2, 0) is 7.05 Å². The minimum Gasteiger partial charge on any atom is -0.274 e. The molecule has 1 heterocycles. The maximum Gasteiger partial charge on any atom is 0.126 e. The Labute approximate surface area is 74.8 Å². The van der Waals surface area contributed by atoms with E-state index in [-0.39, 0.29) is 0 Å². The Morgan fingerprint density at radius 1 is 1.60 bits per heavy atom. The van der Waals surface area contributed by atoms with Crippen molar-refractivity contribution in [2.75, 3.05) is 0 Å². The fourth-order valence-electron chi connectivity index (χ4n) is 0.867. The fourth-order valence-corrected chi connectivity index (χ4v) is 1.97. The lowest BCUT2D eigenvalue weighted by atomic mass is 10.1. The molecule has 0 saturated heterocycles. The van der Waals surface area contributed by atoms with Gasteiger partial charge in [-0.05, 0) is 28.5 Å². The molecule has 0 amide bonds. The maximum atomic E-state index is 4.24. The number of aryl methyl sites for hydroxylation is 1. The van der Waals surface area contributed by atoms with Gasteiger partial charge in [0.15, 0.2) is 0 Å². The van der Waals surface area contributed by atoms with Crippen molar-refractivity contribution in [3.05, 3.63) is 15.5 Å². The van der Waals surface area contributed by atoms with Crippen LogP contribution in [0.5, 0.6) is 0 Å². The molecule has 0 bridgehead atoms. The smallest absolute Gasteiger partial charge is 0.126 e. The molecule has 0 aliphatic carbocycles. The molecule has 0 atom stereocenters. The van der Waals surface area contributed by atoms with E-state index < -0.39 is 0 Å². The highest BCUT2D eigenvalue weighted by Crippen LogP contribution is 2.18. The highest BCUT2D eigenvalue weighted by atomic mass is 127. The van der Waals surface area contributed by atoms with Crippen molar-refractivity contribution < 1.29 is 0 Å². The van der Waals surface area contributed by atoms with Gasteiger partial charge in [0.2, 0.25) is 0 Å². The quantitative estimate of drug-likeness (QED) is 0.698. The van der Waals surface area contributed by atoms with Crippen molar-refractivity contribution in [3.8, 4) is 0 Å². The molecule has 2 nitrogen and oxygen atoms in total. The summed E-state index contributed by atoms with van der Waals surface area (Å²) in [4.78, 5) is 0. The molecule has 10 heavy (non-hydrogen) atoms. The molecule has 0 saturated carbocycles. The Hall–Kier alpha value is -0.0600. The van der Waals surface area contributed by atoms with Gasteiger partial charge in [0, 0.05) is 18.8 Å². The van der Waals surface area contributed by atoms with Gasteiger partial charge in [-0.25, -0.2) is 0 Å². The summed E-state index contributed by atoms with van der Waals surface area (Å²) in [5.74, 6) is 0.584. The molecule has 0 N–H and O–H groups in total. The first-order valence-corrected chi connectivity index (χ1v) is 4.38. The second-order valence-electron chi connectivity index (χ2n) is 2.70. The second-order valence-corrected chi connectivity index (χ2v) is 3.73. The highest BCUT2D eigenvalue weighted by Gasteiger charge is 2.06. The Bertz CT molecular complexity index is 228.